The first-order valence-corrected chi connectivity index (χ1v) is 10.6. The van der Waals surface area contributed by atoms with E-state index in [2.05, 4.69) is 6.92 Å². The van der Waals surface area contributed by atoms with Gasteiger partial charge in [-0.1, -0.05) is 13.0 Å². The van der Waals surface area contributed by atoms with Crippen molar-refractivity contribution in [1.29, 1.82) is 0 Å². The number of hydrogen-bond acceptors (Lipinski definition) is 4. The summed E-state index contributed by atoms with van der Waals surface area (Å²) in [6.45, 7) is 4.79. The summed E-state index contributed by atoms with van der Waals surface area (Å²) in [7, 11) is -3.37. The van der Waals surface area contributed by atoms with E-state index in [0.717, 1.165) is 19.5 Å². The number of carbonyl (C=O) groups excluding carboxylic acids is 1. The average molecular weight is 357 g/mol. The lowest BCUT2D eigenvalue weighted by molar-refractivity contribution is -0.138. The first-order valence-electron chi connectivity index (χ1n) is 8.31. The van der Waals surface area contributed by atoms with E-state index in [1.54, 1.807) is 17.5 Å². The monoisotopic (exact) mass is 356 g/mol. The smallest absolute Gasteiger partial charge is 0.252 e. The summed E-state index contributed by atoms with van der Waals surface area (Å²) in [6, 6.07) is 3.40. The molecule has 2 aliphatic rings. The predicted octanol–water partition coefficient (Wildman–Crippen LogP) is 2.41. The standard InChI is InChI=1S/C16H24N2O3S2/c1-13-4-2-8-17(12-13)16(19)14-6-9-18(10-7-14)23(20,21)15-5-3-11-22-15/h3,5,11,13-14H,2,4,6-10,12H2,1H3. The molecule has 7 heteroatoms. The van der Waals surface area contributed by atoms with Crippen LogP contribution in [0.1, 0.15) is 32.6 Å². The predicted molar refractivity (Wildman–Crippen MR) is 90.8 cm³/mol. The summed E-state index contributed by atoms with van der Waals surface area (Å²) >= 11 is 1.25. The van der Waals surface area contributed by atoms with Crippen LogP contribution in [0.2, 0.25) is 0 Å². The third-order valence-corrected chi connectivity index (χ3v) is 8.13. The van der Waals surface area contributed by atoms with Gasteiger partial charge in [0.1, 0.15) is 4.21 Å². The van der Waals surface area contributed by atoms with Crippen LogP contribution in [-0.2, 0) is 14.8 Å². The van der Waals surface area contributed by atoms with E-state index >= 15 is 0 Å². The van der Waals surface area contributed by atoms with Crippen molar-refractivity contribution in [1.82, 2.24) is 9.21 Å². The van der Waals surface area contributed by atoms with E-state index in [4.69, 9.17) is 0 Å². The number of piperidine rings is 2. The lowest BCUT2D eigenvalue weighted by Crippen LogP contribution is -2.46. The number of rotatable bonds is 3. The van der Waals surface area contributed by atoms with Crippen LogP contribution in [0.4, 0.5) is 0 Å². The van der Waals surface area contributed by atoms with E-state index in [0.29, 0.717) is 36.1 Å². The lowest BCUT2D eigenvalue weighted by Gasteiger charge is -2.36. The first kappa shape index (κ1) is 16.9. The van der Waals surface area contributed by atoms with E-state index in [1.165, 1.54) is 22.1 Å². The fourth-order valence-corrected chi connectivity index (χ4v) is 6.14. The summed E-state index contributed by atoms with van der Waals surface area (Å²) in [6.07, 6.45) is 3.54. The highest BCUT2D eigenvalue weighted by Crippen LogP contribution is 2.28. The zero-order valence-corrected chi connectivity index (χ0v) is 15.1. The van der Waals surface area contributed by atoms with E-state index in [-0.39, 0.29) is 11.8 Å². The number of thiophene rings is 1. The van der Waals surface area contributed by atoms with Gasteiger partial charge in [-0.3, -0.25) is 4.79 Å². The summed E-state index contributed by atoms with van der Waals surface area (Å²) in [5.41, 5.74) is 0. The van der Waals surface area contributed by atoms with E-state index in [1.807, 2.05) is 4.90 Å². The Morgan fingerprint density at radius 1 is 1.22 bits per heavy atom. The van der Waals surface area contributed by atoms with Gasteiger partial charge in [0.05, 0.1) is 0 Å². The minimum Gasteiger partial charge on any atom is -0.342 e. The van der Waals surface area contributed by atoms with E-state index in [9.17, 15) is 13.2 Å². The van der Waals surface area contributed by atoms with Crippen LogP contribution in [0.3, 0.4) is 0 Å². The van der Waals surface area contributed by atoms with Gasteiger partial charge in [0.15, 0.2) is 0 Å². The third-order valence-electron chi connectivity index (χ3n) is 4.86. The second-order valence-electron chi connectivity index (χ2n) is 6.64. The molecule has 1 aromatic rings. The van der Waals surface area contributed by atoms with E-state index < -0.39 is 10.0 Å². The fourth-order valence-electron chi connectivity index (χ4n) is 3.53. The summed E-state index contributed by atoms with van der Waals surface area (Å²) in [5, 5.41) is 1.78. The Morgan fingerprint density at radius 2 is 1.96 bits per heavy atom. The molecule has 0 aliphatic carbocycles. The summed E-state index contributed by atoms with van der Waals surface area (Å²) in [5.74, 6) is 0.784. The maximum Gasteiger partial charge on any atom is 0.252 e. The zero-order valence-electron chi connectivity index (χ0n) is 13.5. The van der Waals surface area contributed by atoms with Crippen LogP contribution in [-0.4, -0.2) is 49.7 Å². The van der Waals surface area contributed by atoms with Crippen LogP contribution in [0.15, 0.2) is 21.7 Å². The van der Waals surface area contributed by atoms with Crippen LogP contribution in [0, 0.1) is 11.8 Å². The molecule has 0 spiro atoms. The topological polar surface area (TPSA) is 57.7 Å². The van der Waals surface area contributed by atoms with Crippen molar-refractivity contribution < 1.29 is 13.2 Å². The Labute approximate surface area is 142 Å². The Balaban J connectivity index is 1.59. The van der Waals surface area contributed by atoms with Crippen LogP contribution >= 0.6 is 11.3 Å². The highest BCUT2D eigenvalue weighted by Gasteiger charge is 2.34. The molecular weight excluding hydrogens is 332 g/mol. The molecule has 1 unspecified atom stereocenters. The van der Waals surface area contributed by atoms with Gasteiger partial charge in [-0.15, -0.1) is 11.3 Å². The molecule has 1 atom stereocenters. The van der Waals surface area contributed by atoms with Gasteiger partial charge in [0.2, 0.25) is 5.91 Å². The fraction of sp³-hybridized carbons (Fsp3) is 0.688. The van der Waals surface area contributed by atoms with Gasteiger partial charge in [-0.2, -0.15) is 4.31 Å². The molecule has 0 bridgehead atoms. The van der Waals surface area contributed by atoms with Gasteiger partial charge in [0.25, 0.3) is 10.0 Å². The van der Waals surface area contributed by atoms with Crippen molar-refractivity contribution in [2.75, 3.05) is 26.2 Å². The van der Waals surface area contributed by atoms with Crippen molar-refractivity contribution in [3.05, 3.63) is 17.5 Å². The first-order chi connectivity index (χ1) is 11.0. The minimum atomic E-state index is -3.37. The van der Waals surface area contributed by atoms with Crippen molar-refractivity contribution >= 4 is 27.3 Å². The maximum atomic E-state index is 12.6. The Bertz CT molecular complexity index is 634. The Morgan fingerprint density at radius 3 is 2.57 bits per heavy atom. The van der Waals surface area contributed by atoms with Gasteiger partial charge in [0, 0.05) is 32.1 Å². The highest BCUT2D eigenvalue weighted by atomic mass is 32.2. The van der Waals surface area contributed by atoms with Crippen molar-refractivity contribution in [3.63, 3.8) is 0 Å². The van der Waals surface area contributed by atoms with Crippen molar-refractivity contribution in [2.45, 2.75) is 36.8 Å². The van der Waals surface area contributed by atoms with Crippen molar-refractivity contribution in [3.8, 4) is 0 Å². The highest BCUT2D eigenvalue weighted by molar-refractivity contribution is 7.91. The van der Waals surface area contributed by atoms with Crippen LogP contribution < -0.4 is 0 Å². The Kier molecular flexibility index (Phi) is 5.08. The molecule has 2 aliphatic heterocycles. The van der Waals surface area contributed by atoms with Gasteiger partial charge >= 0.3 is 0 Å². The quantitative estimate of drug-likeness (QED) is 0.836. The molecule has 3 rings (SSSR count). The van der Waals surface area contributed by atoms with Crippen molar-refractivity contribution in [2.24, 2.45) is 11.8 Å². The molecule has 3 heterocycles. The number of hydrogen-bond donors (Lipinski definition) is 0. The Hall–Kier alpha value is -0.920. The molecule has 2 fully saturated rings. The summed E-state index contributed by atoms with van der Waals surface area (Å²) in [4.78, 5) is 14.6. The molecule has 1 amide bonds. The molecule has 128 valence electrons. The normalized spacial score (nSPS) is 24.7. The molecule has 0 aromatic carbocycles. The number of likely N-dealkylation sites (tertiary alicyclic amines) is 1. The van der Waals surface area contributed by atoms with Crippen LogP contribution in [0.5, 0.6) is 0 Å². The number of nitrogens with zero attached hydrogens (tertiary/aromatic N) is 2. The molecule has 23 heavy (non-hydrogen) atoms. The number of carbonyl (C=O) groups is 1. The van der Waals surface area contributed by atoms with Gasteiger partial charge < -0.3 is 4.90 Å². The minimum absolute atomic E-state index is 0.0184. The zero-order chi connectivity index (χ0) is 16.4. The lowest BCUT2D eigenvalue weighted by atomic mass is 9.93. The molecule has 5 nitrogen and oxygen atoms in total. The second kappa shape index (κ2) is 6.91. The number of sulfonamides is 1. The molecule has 0 saturated carbocycles. The molecule has 2 saturated heterocycles. The SMILES string of the molecule is CC1CCCN(C(=O)C2CCN(S(=O)(=O)c3cccs3)CC2)C1. The molecular formula is C16H24N2O3S2. The maximum absolute atomic E-state index is 12.6. The second-order valence-corrected chi connectivity index (χ2v) is 9.75. The largest absolute Gasteiger partial charge is 0.342 e. The van der Waals surface area contributed by atoms with Gasteiger partial charge in [-0.05, 0) is 43.0 Å². The number of amides is 1. The molecule has 0 radical (unpaired) electrons. The average Bonchev–Trinajstić information content (AvgIpc) is 3.09. The third kappa shape index (κ3) is 3.61. The van der Waals surface area contributed by atoms with Crippen LogP contribution in [0.25, 0.3) is 0 Å². The molecule has 0 N–H and O–H groups in total. The van der Waals surface area contributed by atoms with Gasteiger partial charge in [-0.25, -0.2) is 8.42 Å². The summed E-state index contributed by atoms with van der Waals surface area (Å²) < 4.78 is 26.9. The molecule has 1 aromatic heterocycles.